The molecular formula is C24H25N3O3S. The molecule has 1 unspecified atom stereocenters. The van der Waals surface area contributed by atoms with Crippen LogP contribution in [0.4, 0.5) is 0 Å². The lowest BCUT2D eigenvalue weighted by Gasteiger charge is -2.31. The molecule has 0 bridgehead atoms. The number of carbonyl (C=O) groups excluding carboxylic acids is 1. The lowest BCUT2D eigenvalue weighted by molar-refractivity contribution is -0.126. The van der Waals surface area contributed by atoms with Crippen molar-refractivity contribution in [1.82, 2.24) is 14.6 Å². The average Bonchev–Trinajstić information content (AvgIpc) is 2.84. The zero-order chi connectivity index (χ0) is 21.7. The number of aromatic nitrogens is 1. The van der Waals surface area contributed by atoms with E-state index in [1.165, 1.54) is 4.31 Å². The second kappa shape index (κ2) is 9.41. The molecule has 4 rings (SSSR count). The number of amides is 1. The van der Waals surface area contributed by atoms with Gasteiger partial charge in [0, 0.05) is 25.2 Å². The monoisotopic (exact) mass is 435 g/mol. The van der Waals surface area contributed by atoms with E-state index in [2.05, 4.69) is 10.3 Å². The summed E-state index contributed by atoms with van der Waals surface area (Å²) in [6.07, 6.45) is 2.69. The third-order valence-corrected chi connectivity index (χ3v) is 7.52. The highest BCUT2D eigenvalue weighted by Gasteiger charge is 2.33. The number of nitrogens with zero attached hydrogens (tertiary/aromatic N) is 2. The first kappa shape index (κ1) is 21.2. The van der Waals surface area contributed by atoms with Gasteiger partial charge in [0.2, 0.25) is 15.9 Å². The highest BCUT2D eigenvalue weighted by Crippen LogP contribution is 2.26. The highest BCUT2D eigenvalue weighted by atomic mass is 32.2. The van der Waals surface area contributed by atoms with Crippen molar-refractivity contribution in [3.63, 3.8) is 0 Å². The van der Waals surface area contributed by atoms with Crippen molar-refractivity contribution in [3.05, 3.63) is 96.3 Å². The molecule has 2 heterocycles. The molecule has 1 atom stereocenters. The number of benzene rings is 2. The lowest BCUT2D eigenvalue weighted by Crippen LogP contribution is -2.43. The molecule has 2 aromatic carbocycles. The Morgan fingerprint density at radius 3 is 2.13 bits per heavy atom. The summed E-state index contributed by atoms with van der Waals surface area (Å²) in [5.41, 5.74) is 1.73. The van der Waals surface area contributed by atoms with Gasteiger partial charge in [-0.2, -0.15) is 4.31 Å². The van der Waals surface area contributed by atoms with Crippen LogP contribution in [-0.4, -0.2) is 36.7 Å². The first-order valence-electron chi connectivity index (χ1n) is 10.4. The van der Waals surface area contributed by atoms with Gasteiger partial charge in [-0.25, -0.2) is 8.42 Å². The van der Waals surface area contributed by atoms with Crippen molar-refractivity contribution in [2.45, 2.75) is 23.8 Å². The van der Waals surface area contributed by atoms with E-state index in [0.29, 0.717) is 25.9 Å². The van der Waals surface area contributed by atoms with Crippen LogP contribution in [0.15, 0.2) is 90.0 Å². The van der Waals surface area contributed by atoms with Crippen LogP contribution in [0.5, 0.6) is 0 Å². The zero-order valence-electron chi connectivity index (χ0n) is 17.1. The third-order valence-electron chi connectivity index (χ3n) is 5.61. The zero-order valence-corrected chi connectivity index (χ0v) is 17.9. The Balaban J connectivity index is 1.44. The minimum Gasteiger partial charge on any atom is -0.343 e. The number of piperidine rings is 1. The first-order chi connectivity index (χ1) is 15.1. The summed E-state index contributed by atoms with van der Waals surface area (Å²) in [5, 5.41) is 3.14. The van der Waals surface area contributed by atoms with Crippen LogP contribution in [0.3, 0.4) is 0 Å². The second-order valence-electron chi connectivity index (χ2n) is 7.60. The third kappa shape index (κ3) is 4.84. The molecule has 1 amide bonds. The molecule has 31 heavy (non-hydrogen) atoms. The van der Waals surface area contributed by atoms with Gasteiger partial charge in [0.05, 0.1) is 16.6 Å². The molecule has 0 saturated carbocycles. The Labute approximate surface area is 183 Å². The topological polar surface area (TPSA) is 79.4 Å². The Bertz CT molecular complexity index is 1060. The van der Waals surface area contributed by atoms with E-state index < -0.39 is 10.0 Å². The molecule has 1 fully saturated rings. The van der Waals surface area contributed by atoms with E-state index in [1.807, 2.05) is 48.5 Å². The van der Waals surface area contributed by atoms with E-state index in [9.17, 15) is 13.2 Å². The number of sulfonamides is 1. The molecule has 0 aliphatic carbocycles. The van der Waals surface area contributed by atoms with E-state index >= 15 is 0 Å². The molecule has 3 aromatic rings. The van der Waals surface area contributed by atoms with Crippen molar-refractivity contribution < 1.29 is 13.2 Å². The molecule has 1 aromatic heterocycles. The minimum atomic E-state index is -3.53. The molecule has 0 spiro atoms. The van der Waals surface area contributed by atoms with E-state index in [-0.39, 0.29) is 22.8 Å². The van der Waals surface area contributed by atoms with Gasteiger partial charge in [0.15, 0.2) is 0 Å². The van der Waals surface area contributed by atoms with Gasteiger partial charge in [-0.3, -0.25) is 9.78 Å². The first-order valence-corrected chi connectivity index (χ1v) is 11.8. The fourth-order valence-electron chi connectivity index (χ4n) is 3.88. The van der Waals surface area contributed by atoms with Crippen molar-refractivity contribution in [1.29, 1.82) is 0 Å². The fourth-order valence-corrected chi connectivity index (χ4v) is 5.37. The summed E-state index contributed by atoms with van der Waals surface area (Å²) in [6, 6.07) is 23.5. The van der Waals surface area contributed by atoms with Gasteiger partial charge in [0.25, 0.3) is 0 Å². The van der Waals surface area contributed by atoms with Crippen molar-refractivity contribution in [3.8, 4) is 0 Å². The van der Waals surface area contributed by atoms with Crippen LogP contribution in [0.25, 0.3) is 0 Å². The van der Waals surface area contributed by atoms with Crippen LogP contribution in [0.1, 0.15) is 30.1 Å². The van der Waals surface area contributed by atoms with Crippen LogP contribution >= 0.6 is 0 Å². The maximum Gasteiger partial charge on any atom is 0.243 e. The molecule has 1 saturated heterocycles. The van der Waals surface area contributed by atoms with Gasteiger partial charge in [0.1, 0.15) is 0 Å². The number of rotatable bonds is 6. The molecular weight excluding hydrogens is 410 g/mol. The van der Waals surface area contributed by atoms with Crippen LogP contribution in [0.2, 0.25) is 0 Å². The Morgan fingerprint density at radius 1 is 0.903 bits per heavy atom. The Hall–Kier alpha value is -3.03. The summed E-state index contributed by atoms with van der Waals surface area (Å²) in [7, 11) is -3.53. The Morgan fingerprint density at radius 2 is 1.52 bits per heavy atom. The quantitative estimate of drug-likeness (QED) is 0.644. The highest BCUT2D eigenvalue weighted by molar-refractivity contribution is 7.89. The fraction of sp³-hybridized carbons (Fsp3) is 0.250. The number of carbonyl (C=O) groups is 1. The minimum absolute atomic E-state index is 0.0729. The lowest BCUT2D eigenvalue weighted by atomic mass is 9.95. The van der Waals surface area contributed by atoms with Gasteiger partial charge >= 0.3 is 0 Å². The van der Waals surface area contributed by atoms with Crippen molar-refractivity contribution in [2.24, 2.45) is 5.92 Å². The Kier molecular flexibility index (Phi) is 6.44. The van der Waals surface area contributed by atoms with Gasteiger partial charge < -0.3 is 5.32 Å². The summed E-state index contributed by atoms with van der Waals surface area (Å²) in [6.45, 7) is 0.657. The maximum absolute atomic E-state index is 13.1. The number of pyridine rings is 1. The maximum atomic E-state index is 13.1. The van der Waals surface area contributed by atoms with Crippen molar-refractivity contribution >= 4 is 15.9 Å². The number of hydrogen-bond acceptors (Lipinski definition) is 4. The summed E-state index contributed by atoms with van der Waals surface area (Å²) in [5.74, 6) is -0.312. The molecule has 0 radical (unpaired) electrons. The predicted octanol–water partition coefficient (Wildman–Crippen LogP) is 3.39. The van der Waals surface area contributed by atoms with Gasteiger partial charge in [-0.1, -0.05) is 54.6 Å². The largest absolute Gasteiger partial charge is 0.343 e. The smallest absolute Gasteiger partial charge is 0.243 e. The standard InChI is InChI=1S/C24H25N3O3S/c28-24(26-23(19-9-3-1-4-10-19)22-13-7-8-16-25-22)20-14-17-27(18-15-20)31(29,30)21-11-5-2-6-12-21/h1-13,16,20,23H,14-15,17-18H2,(H,26,28). The number of hydrogen-bond donors (Lipinski definition) is 1. The molecule has 1 N–H and O–H groups in total. The molecule has 1 aliphatic heterocycles. The molecule has 6 nitrogen and oxygen atoms in total. The van der Waals surface area contributed by atoms with Crippen molar-refractivity contribution in [2.75, 3.05) is 13.1 Å². The molecule has 160 valence electrons. The predicted molar refractivity (Wildman–Crippen MR) is 119 cm³/mol. The summed E-state index contributed by atoms with van der Waals surface area (Å²) >= 11 is 0. The van der Waals surface area contributed by atoms with Crippen LogP contribution in [-0.2, 0) is 14.8 Å². The van der Waals surface area contributed by atoms with E-state index in [0.717, 1.165) is 11.3 Å². The van der Waals surface area contributed by atoms with E-state index in [1.54, 1.807) is 36.5 Å². The normalized spacial score (nSPS) is 16.5. The average molecular weight is 436 g/mol. The van der Waals surface area contributed by atoms with Gasteiger partial charge in [-0.05, 0) is 42.7 Å². The molecule has 1 aliphatic rings. The second-order valence-corrected chi connectivity index (χ2v) is 9.54. The van der Waals surface area contributed by atoms with E-state index in [4.69, 9.17) is 0 Å². The molecule has 7 heteroatoms. The van der Waals surface area contributed by atoms with Gasteiger partial charge in [-0.15, -0.1) is 0 Å². The number of nitrogens with one attached hydrogen (secondary N) is 1. The van der Waals surface area contributed by atoms with Crippen LogP contribution in [0, 0.1) is 5.92 Å². The SMILES string of the molecule is O=C(NC(c1ccccc1)c1ccccn1)C1CCN(S(=O)(=O)c2ccccc2)CC1. The summed E-state index contributed by atoms with van der Waals surface area (Å²) < 4.78 is 27.1. The van der Waals surface area contributed by atoms with Crippen LogP contribution < -0.4 is 5.32 Å². The summed E-state index contributed by atoms with van der Waals surface area (Å²) in [4.78, 5) is 17.8.